The number of sulfonamides is 1. The summed E-state index contributed by atoms with van der Waals surface area (Å²) in [5, 5.41) is 0. The van der Waals surface area contributed by atoms with Crippen LogP contribution in [0.1, 0.15) is 0 Å². The summed E-state index contributed by atoms with van der Waals surface area (Å²) in [4.78, 5) is 2.03. The van der Waals surface area contributed by atoms with Crippen LogP contribution in [0.5, 0.6) is 5.75 Å². The second kappa shape index (κ2) is 6.23. The van der Waals surface area contributed by atoms with Crippen molar-refractivity contribution in [1.29, 1.82) is 0 Å². The summed E-state index contributed by atoms with van der Waals surface area (Å²) in [5.41, 5.74) is 5.97. The zero-order valence-electron chi connectivity index (χ0n) is 11.8. The van der Waals surface area contributed by atoms with Gasteiger partial charge in [0, 0.05) is 26.2 Å². The molecule has 0 atom stereocenters. The summed E-state index contributed by atoms with van der Waals surface area (Å²) in [5.74, 6) is 0.535. The van der Waals surface area contributed by atoms with E-state index in [1.165, 1.54) is 23.5 Å². The Kier molecular flexibility index (Phi) is 5.16. The summed E-state index contributed by atoms with van der Waals surface area (Å²) < 4.78 is 31.0. The molecule has 1 rings (SSSR count). The lowest BCUT2D eigenvalue weighted by Crippen LogP contribution is -2.33. The fourth-order valence-electron chi connectivity index (χ4n) is 1.52. The summed E-state index contributed by atoms with van der Waals surface area (Å²) >= 11 is 0. The highest BCUT2D eigenvalue weighted by Gasteiger charge is 2.23. The van der Waals surface area contributed by atoms with E-state index in [4.69, 9.17) is 10.5 Å². The minimum atomic E-state index is -3.56. The van der Waals surface area contributed by atoms with Crippen LogP contribution in [-0.2, 0) is 10.0 Å². The zero-order chi connectivity index (χ0) is 14.6. The maximum absolute atomic E-state index is 12.4. The maximum Gasteiger partial charge on any atom is 0.244 e. The van der Waals surface area contributed by atoms with E-state index in [9.17, 15) is 8.42 Å². The Labute approximate surface area is 114 Å². The van der Waals surface area contributed by atoms with Gasteiger partial charge in [-0.05, 0) is 26.2 Å². The van der Waals surface area contributed by atoms with Gasteiger partial charge < -0.3 is 15.4 Å². The number of nitrogens with two attached hydrogens (primary N) is 1. The molecule has 0 saturated heterocycles. The van der Waals surface area contributed by atoms with Gasteiger partial charge in [0.2, 0.25) is 10.0 Å². The normalized spacial score (nSPS) is 12.1. The van der Waals surface area contributed by atoms with E-state index in [1.807, 2.05) is 19.0 Å². The van der Waals surface area contributed by atoms with E-state index in [0.717, 1.165) is 0 Å². The second-order valence-electron chi connectivity index (χ2n) is 4.53. The number of ether oxygens (including phenoxy) is 1. The summed E-state index contributed by atoms with van der Waals surface area (Å²) in [7, 11) is 3.27. The summed E-state index contributed by atoms with van der Waals surface area (Å²) in [6, 6.07) is 4.56. The van der Waals surface area contributed by atoms with Gasteiger partial charge in [-0.25, -0.2) is 8.42 Å². The van der Waals surface area contributed by atoms with Crippen molar-refractivity contribution < 1.29 is 13.2 Å². The molecule has 0 aliphatic rings. The lowest BCUT2D eigenvalue weighted by Gasteiger charge is -2.20. The average molecular weight is 287 g/mol. The average Bonchev–Trinajstić information content (AvgIpc) is 2.35. The molecule has 0 fully saturated rings. The van der Waals surface area contributed by atoms with Crippen molar-refractivity contribution in [1.82, 2.24) is 9.21 Å². The van der Waals surface area contributed by atoms with Gasteiger partial charge in [0.1, 0.15) is 10.6 Å². The molecule has 0 amide bonds. The third-order valence-corrected chi connectivity index (χ3v) is 4.70. The SMILES string of the molecule is COc1ccc(S(=O)(=O)N(C)CCN(C)C)c(N)c1. The third-order valence-electron chi connectivity index (χ3n) is 2.77. The lowest BCUT2D eigenvalue weighted by molar-refractivity contribution is 0.358. The molecule has 0 saturated carbocycles. The first-order valence-electron chi connectivity index (χ1n) is 5.83. The smallest absolute Gasteiger partial charge is 0.244 e. The van der Waals surface area contributed by atoms with Crippen LogP contribution in [-0.4, -0.2) is 59.0 Å². The predicted octanol–water partition coefficient (Wildman–Crippen LogP) is 0.460. The van der Waals surface area contributed by atoms with Crippen molar-refractivity contribution in [2.24, 2.45) is 0 Å². The molecule has 0 aliphatic heterocycles. The number of nitrogens with zero attached hydrogens (tertiary/aromatic N) is 2. The highest BCUT2D eigenvalue weighted by molar-refractivity contribution is 7.89. The Morgan fingerprint density at radius 3 is 2.32 bits per heavy atom. The van der Waals surface area contributed by atoms with E-state index in [1.54, 1.807) is 13.1 Å². The number of anilines is 1. The molecule has 0 radical (unpaired) electrons. The van der Waals surface area contributed by atoms with Crippen LogP contribution in [0.15, 0.2) is 23.1 Å². The molecule has 7 heteroatoms. The first kappa shape index (κ1) is 15.7. The highest BCUT2D eigenvalue weighted by Crippen LogP contribution is 2.25. The summed E-state index contributed by atoms with van der Waals surface area (Å²) in [6.45, 7) is 1.05. The fourth-order valence-corrected chi connectivity index (χ4v) is 2.77. The summed E-state index contributed by atoms with van der Waals surface area (Å²) in [6.07, 6.45) is 0. The van der Waals surface area contributed by atoms with E-state index in [-0.39, 0.29) is 10.6 Å². The topological polar surface area (TPSA) is 75.9 Å². The molecule has 2 N–H and O–H groups in total. The number of nitrogen functional groups attached to an aromatic ring is 1. The molecule has 1 aromatic carbocycles. The van der Waals surface area contributed by atoms with Gasteiger partial charge in [-0.2, -0.15) is 4.31 Å². The van der Waals surface area contributed by atoms with Gasteiger partial charge in [0.25, 0.3) is 0 Å². The van der Waals surface area contributed by atoms with Crippen LogP contribution in [0.3, 0.4) is 0 Å². The number of rotatable bonds is 6. The van der Waals surface area contributed by atoms with Crippen LogP contribution in [0.4, 0.5) is 5.69 Å². The van der Waals surface area contributed by atoms with Crippen LogP contribution >= 0.6 is 0 Å². The Morgan fingerprint density at radius 1 is 1.21 bits per heavy atom. The van der Waals surface area contributed by atoms with Crippen LogP contribution in [0.2, 0.25) is 0 Å². The molecule has 0 spiro atoms. The van der Waals surface area contributed by atoms with Gasteiger partial charge in [-0.1, -0.05) is 0 Å². The van der Waals surface area contributed by atoms with Gasteiger partial charge in [0.05, 0.1) is 12.8 Å². The Morgan fingerprint density at radius 2 is 1.84 bits per heavy atom. The van der Waals surface area contributed by atoms with Crippen molar-refractivity contribution in [3.8, 4) is 5.75 Å². The molecule has 19 heavy (non-hydrogen) atoms. The number of methoxy groups -OCH3 is 1. The van der Waals surface area contributed by atoms with Crippen molar-refractivity contribution in [2.75, 3.05) is 47.1 Å². The first-order chi connectivity index (χ1) is 8.78. The molecule has 0 aliphatic carbocycles. The number of benzene rings is 1. The van der Waals surface area contributed by atoms with Crippen LogP contribution < -0.4 is 10.5 Å². The fraction of sp³-hybridized carbons (Fsp3) is 0.500. The van der Waals surface area contributed by atoms with Crippen molar-refractivity contribution in [3.63, 3.8) is 0 Å². The van der Waals surface area contributed by atoms with Crippen LogP contribution in [0, 0.1) is 0 Å². The Balaban J connectivity index is 2.99. The van der Waals surface area contributed by atoms with Crippen molar-refractivity contribution in [3.05, 3.63) is 18.2 Å². The van der Waals surface area contributed by atoms with Crippen LogP contribution in [0.25, 0.3) is 0 Å². The predicted molar refractivity (Wildman–Crippen MR) is 75.8 cm³/mol. The second-order valence-corrected chi connectivity index (χ2v) is 6.55. The van der Waals surface area contributed by atoms with E-state index in [2.05, 4.69) is 0 Å². The largest absolute Gasteiger partial charge is 0.497 e. The van der Waals surface area contributed by atoms with E-state index in [0.29, 0.717) is 18.8 Å². The monoisotopic (exact) mass is 287 g/mol. The standard InChI is InChI=1S/C12H21N3O3S/c1-14(2)7-8-15(3)19(16,17)12-6-5-10(18-4)9-11(12)13/h5-6,9H,7-8,13H2,1-4H3. The maximum atomic E-state index is 12.4. The minimum Gasteiger partial charge on any atom is -0.497 e. The van der Waals surface area contributed by atoms with Crippen molar-refractivity contribution in [2.45, 2.75) is 4.90 Å². The molecule has 1 aromatic rings. The first-order valence-corrected chi connectivity index (χ1v) is 7.27. The molecular weight excluding hydrogens is 266 g/mol. The number of hydrogen-bond donors (Lipinski definition) is 1. The highest BCUT2D eigenvalue weighted by atomic mass is 32.2. The molecule has 0 aromatic heterocycles. The van der Waals surface area contributed by atoms with Gasteiger partial charge in [0.15, 0.2) is 0 Å². The molecule has 6 nitrogen and oxygen atoms in total. The molecule has 0 unspecified atom stereocenters. The van der Waals surface area contributed by atoms with E-state index >= 15 is 0 Å². The van der Waals surface area contributed by atoms with E-state index < -0.39 is 10.0 Å². The van der Waals surface area contributed by atoms with Gasteiger partial charge >= 0.3 is 0 Å². The van der Waals surface area contributed by atoms with Crippen molar-refractivity contribution >= 4 is 15.7 Å². The quantitative estimate of drug-likeness (QED) is 0.769. The Hall–Kier alpha value is -1.31. The molecule has 0 bridgehead atoms. The number of hydrogen-bond acceptors (Lipinski definition) is 5. The molecule has 108 valence electrons. The van der Waals surface area contributed by atoms with Gasteiger partial charge in [-0.3, -0.25) is 0 Å². The molecule has 0 heterocycles. The lowest BCUT2D eigenvalue weighted by atomic mass is 10.3. The van der Waals surface area contributed by atoms with Gasteiger partial charge in [-0.15, -0.1) is 0 Å². The minimum absolute atomic E-state index is 0.106. The molecular formula is C12H21N3O3S. The zero-order valence-corrected chi connectivity index (χ0v) is 12.6. The third kappa shape index (κ3) is 3.82. The Bertz CT molecular complexity index is 529. The number of likely N-dealkylation sites (N-methyl/N-ethyl adjacent to an activating group) is 2.